The van der Waals surface area contributed by atoms with Gasteiger partial charge >= 0.3 is 0 Å². The predicted molar refractivity (Wildman–Crippen MR) is 121 cm³/mol. The number of oxazole rings is 1. The molecule has 1 heterocycles. The second-order valence-electron chi connectivity index (χ2n) is 5.80. The van der Waals surface area contributed by atoms with Crippen molar-refractivity contribution < 1.29 is 14.3 Å². The lowest BCUT2D eigenvalue weighted by atomic mass is 10.1. The van der Waals surface area contributed by atoms with Gasteiger partial charge in [0.2, 0.25) is 5.89 Å². The van der Waals surface area contributed by atoms with Crippen molar-refractivity contribution in [2.45, 2.75) is 0 Å². The second kappa shape index (κ2) is 7.47. The van der Waals surface area contributed by atoms with Crippen LogP contribution in [0.4, 0.5) is 5.69 Å². The molecule has 0 fully saturated rings. The molecule has 1 aromatic heterocycles. The maximum Gasteiger partial charge on any atom is 0.256 e. The molecule has 2 N–H and O–H groups in total. The van der Waals surface area contributed by atoms with Crippen LogP contribution in [0.5, 0.6) is 5.75 Å². The fourth-order valence-corrected chi connectivity index (χ4v) is 3.72. The molecule has 4 rings (SSSR count). The summed E-state index contributed by atoms with van der Waals surface area (Å²) in [6, 6.07) is 17.9. The second-order valence-corrected chi connectivity index (χ2v) is 8.20. The number of aromatic hydroxyl groups is 1. The van der Waals surface area contributed by atoms with Gasteiger partial charge in [-0.25, -0.2) is 4.98 Å². The zero-order valence-electron chi connectivity index (χ0n) is 13.7. The fourth-order valence-electron chi connectivity index (χ4n) is 2.65. The van der Waals surface area contributed by atoms with Crippen LogP contribution in [0.15, 0.2) is 65.1 Å². The molecule has 0 spiro atoms. The van der Waals surface area contributed by atoms with E-state index in [0.29, 0.717) is 28.3 Å². The van der Waals surface area contributed by atoms with E-state index < -0.39 is 0 Å². The SMILES string of the molecule is O=C(Nc1ccc(-c2nc3ccccc3o2)c(O)c1)c1cc(I)ccc1I. The van der Waals surface area contributed by atoms with Gasteiger partial charge in [-0.05, 0) is 87.6 Å². The van der Waals surface area contributed by atoms with E-state index >= 15 is 0 Å². The first kappa shape index (κ1) is 18.2. The average Bonchev–Trinajstić information content (AvgIpc) is 3.07. The van der Waals surface area contributed by atoms with Crippen LogP contribution in [0, 0.1) is 7.14 Å². The molecule has 0 bridgehead atoms. The van der Waals surface area contributed by atoms with E-state index in [-0.39, 0.29) is 11.7 Å². The van der Waals surface area contributed by atoms with Crippen LogP contribution in [-0.4, -0.2) is 16.0 Å². The van der Waals surface area contributed by atoms with Crippen LogP contribution >= 0.6 is 45.2 Å². The molecule has 3 aromatic carbocycles. The molecule has 5 nitrogen and oxygen atoms in total. The summed E-state index contributed by atoms with van der Waals surface area (Å²) >= 11 is 4.29. The molecule has 0 saturated carbocycles. The number of aromatic nitrogens is 1. The number of amides is 1. The minimum atomic E-state index is -0.230. The first-order valence-electron chi connectivity index (χ1n) is 7.96. The van der Waals surface area contributed by atoms with Crippen LogP contribution in [-0.2, 0) is 0 Å². The van der Waals surface area contributed by atoms with E-state index in [2.05, 4.69) is 55.5 Å². The molecule has 0 unspecified atom stereocenters. The standard InChI is InChI=1S/C20H12I2N2O3/c21-11-5-8-15(22)14(9-11)19(26)23-12-6-7-13(17(25)10-12)20-24-16-3-1-2-4-18(16)27-20/h1-10,25H,(H,23,26). The van der Waals surface area contributed by atoms with Crippen molar-refractivity contribution in [2.75, 3.05) is 5.32 Å². The molecule has 134 valence electrons. The Labute approximate surface area is 182 Å². The monoisotopic (exact) mass is 582 g/mol. The Hall–Kier alpha value is -2.14. The van der Waals surface area contributed by atoms with Gasteiger partial charge in [0.15, 0.2) is 5.58 Å². The number of rotatable bonds is 3. The third-order valence-corrected chi connectivity index (χ3v) is 5.56. The number of halogens is 2. The Balaban J connectivity index is 1.61. The minimum Gasteiger partial charge on any atom is -0.507 e. The number of hydrogen-bond donors (Lipinski definition) is 2. The van der Waals surface area contributed by atoms with E-state index in [0.717, 1.165) is 12.7 Å². The van der Waals surface area contributed by atoms with E-state index in [4.69, 9.17) is 4.42 Å². The molecule has 0 atom stereocenters. The number of carbonyl (C=O) groups is 1. The number of phenolic OH excluding ortho intramolecular Hbond substituents is 1. The maximum absolute atomic E-state index is 12.5. The molecule has 27 heavy (non-hydrogen) atoms. The third-order valence-electron chi connectivity index (χ3n) is 3.95. The lowest BCUT2D eigenvalue weighted by molar-refractivity contribution is 0.102. The molecule has 4 aromatic rings. The fraction of sp³-hybridized carbons (Fsp3) is 0. The van der Waals surface area contributed by atoms with Crippen molar-refractivity contribution in [1.82, 2.24) is 4.98 Å². The Morgan fingerprint density at radius 1 is 1.04 bits per heavy atom. The van der Waals surface area contributed by atoms with Crippen molar-refractivity contribution in [1.29, 1.82) is 0 Å². The third kappa shape index (κ3) is 3.79. The first-order valence-corrected chi connectivity index (χ1v) is 10.1. The molecule has 7 heteroatoms. The largest absolute Gasteiger partial charge is 0.507 e. The van der Waals surface area contributed by atoms with Gasteiger partial charge in [-0.15, -0.1) is 0 Å². The van der Waals surface area contributed by atoms with Gasteiger partial charge in [-0.3, -0.25) is 4.79 Å². The molecule has 1 amide bonds. The van der Waals surface area contributed by atoms with Gasteiger partial charge in [0, 0.05) is 18.9 Å². The summed E-state index contributed by atoms with van der Waals surface area (Å²) in [5.74, 6) is 0.0855. The van der Waals surface area contributed by atoms with Gasteiger partial charge < -0.3 is 14.8 Å². The number of carbonyl (C=O) groups excluding carboxylic acids is 1. The van der Waals surface area contributed by atoms with Crippen molar-refractivity contribution in [3.63, 3.8) is 0 Å². The van der Waals surface area contributed by atoms with Crippen molar-refractivity contribution in [3.05, 3.63) is 73.4 Å². The van der Waals surface area contributed by atoms with Crippen LogP contribution in [0.2, 0.25) is 0 Å². The molecule has 0 aliphatic carbocycles. The van der Waals surface area contributed by atoms with Crippen LogP contribution in [0.25, 0.3) is 22.6 Å². The van der Waals surface area contributed by atoms with E-state index in [1.54, 1.807) is 12.1 Å². The summed E-state index contributed by atoms with van der Waals surface area (Å²) < 4.78 is 7.53. The zero-order chi connectivity index (χ0) is 19.0. The summed E-state index contributed by atoms with van der Waals surface area (Å²) in [5.41, 5.74) is 2.92. The van der Waals surface area contributed by atoms with Gasteiger partial charge in [0.25, 0.3) is 5.91 Å². The van der Waals surface area contributed by atoms with E-state index in [1.807, 2.05) is 42.5 Å². The number of fused-ring (bicyclic) bond motifs is 1. The summed E-state index contributed by atoms with van der Waals surface area (Å²) in [4.78, 5) is 16.9. The van der Waals surface area contributed by atoms with Gasteiger partial charge in [-0.2, -0.15) is 0 Å². The van der Waals surface area contributed by atoms with Gasteiger partial charge in [0.1, 0.15) is 11.3 Å². The summed E-state index contributed by atoms with van der Waals surface area (Å²) in [5, 5.41) is 13.2. The summed E-state index contributed by atoms with van der Waals surface area (Å²) in [6.45, 7) is 0. The van der Waals surface area contributed by atoms with Gasteiger partial charge in [-0.1, -0.05) is 12.1 Å². The predicted octanol–water partition coefficient (Wildman–Crippen LogP) is 5.66. The quantitative estimate of drug-likeness (QED) is 0.306. The van der Waals surface area contributed by atoms with E-state index in [9.17, 15) is 9.90 Å². The molecular weight excluding hydrogens is 570 g/mol. The highest BCUT2D eigenvalue weighted by Crippen LogP contribution is 2.33. The lowest BCUT2D eigenvalue weighted by Gasteiger charge is -2.09. The number of hydrogen-bond acceptors (Lipinski definition) is 4. The number of phenols is 1. The van der Waals surface area contributed by atoms with Gasteiger partial charge in [0.05, 0.1) is 11.1 Å². The highest BCUT2D eigenvalue weighted by Gasteiger charge is 2.15. The molecular formula is C20H12I2N2O3. The van der Waals surface area contributed by atoms with Crippen molar-refractivity contribution >= 4 is 67.9 Å². The highest BCUT2D eigenvalue weighted by molar-refractivity contribution is 14.1. The van der Waals surface area contributed by atoms with Crippen molar-refractivity contribution in [2.24, 2.45) is 0 Å². The number of anilines is 1. The minimum absolute atomic E-state index is 0.0169. The van der Waals surface area contributed by atoms with E-state index in [1.165, 1.54) is 6.07 Å². The Kier molecular flexibility index (Phi) is 5.04. The number of nitrogens with zero attached hydrogens (tertiary/aromatic N) is 1. The summed E-state index contributed by atoms with van der Waals surface area (Å²) in [7, 11) is 0. The van der Waals surface area contributed by atoms with Crippen LogP contribution in [0.1, 0.15) is 10.4 Å². The normalized spacial score (nSPS) is 10.9. The molecule has 0 aliphatic rings. The molecule has 0 saturated heterocycles. The Bertz CT molecular complexity index is 1140. The topological polar surface area (TPSA) is 75.4 Å². The maximum atomic E-state index is 12.5. The summed E-state index contributed by atoms with van der Waals surface area (Å²) in [6.07, 6.45) is 0. The Morgan fingerprint density at radius 3 is 2.63 bits per heavy atom. The highest BCUT2D eigenvalue weighted by atomic mass is 127. The van der Waals surface area contributed by atoms with Crippen LogP contribution in [0.3, 0.4) is 0 Å². The Morgan fingerprint density at radius 2 is 1.85 bits per heavy atom. The smallest absolute Gasteiger partial charge is 0.256 e. The van der Waals surface area contributed by atoms with Crippen LogP contribution < -0.4 is 5.32 Å². The number of benzene rings is 3. The number of para-hydroxylation sites is 2. The zero-order valence-corrected chi connectivity index (χ0v) is 18.1. The number of nitrogens with one attached hydrogen (secondary N) is 1. The molecule has 0 aliphatic heterocycles. The van der Waals surface area contributed by atoms with Crippen molar-refractivity contribution in [3.8, 4) is 17.2 Å². The first-order chi connectivity index (χ1) is 13.0. The lowest BCUT2D eigenvalue weighted by Crippen LogP contribution is -2.13. The average molecular weight is 582 g/mol. The molecule has 0 radical (unpaired) electrons.